The molecule has 1 atom stereocenters. The smallest absolute Gasteiger partial charge is 0.261 e. The third kappa shape index (κ3) is 4.28. The number of nitrogens with one attached hydrogen (secondary N) is 2. The number of hydrogen-bond donors (Lipinski definition) is 2. The quantitative estimate of drug-likeness (QED) is 0.793. The van der Waals surface area contributed by atoms with Gasteiger partial charge < -0.3 is 10.2 Å². The average Bonchev–Trinajstić information content (AvgIpc) is 3.12. The molecule has 2 aromatic rings. The number of carbonyl (C=O) groups is 1. The summed E-state index contributed by atoms with van der Waals surface area (Å²) in [5.41, 5.74) is 0.312. The largest absolute Gasteiger partial charge is 0.334 e. The molecule has 0 aromatic heterocycles. The van der Waals surface area contributed by atoms with Crippen LogP contribution < -0.4 is 10.0 Å². The maximum absolute atomic E-state index is 13.7. The van der Waals surface area contributed by atoms with Gasteiger partial charge in [0.05, 0.1) is 10.6 Å². The van der Waals surface area contributed by atoms with Gasteiger partial charge in [0.15, 0.2) is 0 Å². The van der Waals surface area contributed by atoms with Crippen LogP contribution in [0.1, 0.15) is 23.2 Å². The third-order valence-corrected chi connectivity index (χ3v) is 5.99. The fourth-order valence-corrected chi connectivity index (χ4v) is 4.31. The molecule has 0 spiro atoms. The van der Waals surface area contributed by atoms with E-state index in [1.54, 1.807) is 6.07 Å². The van der Waals surface area contributed by atoms with Crippen molar-refractivity contribution in [1.82, 2.24) is 10.2 Å². The summed E-state index contributed by atoms with van der Waals surface area (Å²) in [4.78, 5) is 14.5. The van der Waals surface area contributed by atoms with E-state index in [0.717, 1.165) is 19.4 Å². The van der Waals surface area contributed by atoms with Crippen LogP contribution in [-0.4, -0.2) is 45.4 Å². The molecule has 0 bridgehead atoms. The topological polar surface area (TPSA) is 78.5 Å². The van der Waals surface area contributed by atoms with E-state index < -0.39 is 15.8 Å². The molecule has 27 heavy (non-hydrogen) atoms. The summed E-state index contributed by atoms with van der Waals surface area (Å²) in [6.07, 6.45) is 1.91. The number of halogens is 1. The van der Waals surface area contributed by atoms with Crippen molar-refractivity contribution in [1.29, 1.82) is 0 Å². The Labute approximate surface area is 158 Å². The molecule has 1 saturated heterocycles. The number of para-hydroxylation sites is 1. The second kappa shape index (κ2) is 8.06. The number of sulfonamides is 1. The molecule has 8 heteroatoms. The first kappa shape index (κ1) is 19.3. The number of anilines is 1. The van der Waals surface area contributed by atoms with Gasteiger partial charge in [-0.3, -0.25) is 9.52 Å². The van der Waals surface area contributed by atoms with E-state index in [-0.39, 0.29) is 22.5 Å². The van der Waals surface area contributed by atoms with Crippen LogP contribution in [0.3, 0.4) is 0 Å². The predicted octanol–water partition coefficient (Wildman–Crippen LogP) is 2.45. The van der Waals surface area contributed by atoms with Gasteiger partial charge in [0.25, 0.3) is 15.9 Å². The summed E-state index contributed by atoms with van der Waals surface area (Å²) in [5.74, 6) is -0.767. The molecule has 1 aliphatic heterocycles. The molecule has 0 radical (unpaired) electrons. The van der Waals surface area contributed by atoms with E-state index in [9.17, 15) is 17.6 Å². The van der Waals surface area contributed by atoms with Crippen LogP contribution in [0.25, 0.3) is 0 Å². The molecule has 1 unspecified atom stereocenters. The summed E-state index contributed by atoms with van der Waals surface area (Å²) < 4.78 is 40.8. The standard InChI is InChI=1S/C19H22FN3O3S/c1-21-13-15-5-4-12-23(15)19(24)14-8-10-16(11-9-14)27(25,26)22-18-7-3-2-6-17(18)20/h2-3,6-11,15,21-22H,4-5,12-13H2,1H3. The lowest BCUT2D eigenvalue weighted by Crippen LogP contribution is -2.40. The van der Waals surface area contributed by atoms with E-state index in [1.165, 1.54) is 42.5 Å². The normalized spacial score (nSPS) is 17.1. The van der Waals surface area contributed by atoms with Crippen LogP contribution in [0.2, 0.25) is 0 Å². The molecule has 2 aromatic carbocycles. The summed E-state index contributed by atoms with van der Waals surface area (Å²) in [5, 5.41) is 3.09. The van der Waals surface area contributed by atoms with E-state index >= 15 is 0 Å². The van der Waals surface area contributed by atoms with Crippen molar-refractivity contribution in [2.75, 3.05) is 24.9 Å². The molecule has 3 rings (SSSR count). The molecule has 6 nitrogen and oxygen atoms in total. The van der Waals surface area contributed by atoms with Crippen molar-refractivity contribution in [3.8, 4) is 0 Å². The van der Waals surface area contributed by atoms with Crippen LogP contribution >= 0.6 is 0 Å². The van der Waals surface area contributed by atoms with Crippen molar-refractivity contribution in [2.24, 2.45) is 0 Å². The number of likely N-dealkylation sites (N-methyl/N-ethyl adjacent to an activating group) is 1. The summed E-state index contributed by atoms with van der Waals surface area (Å²) in [6, 6.07) is 11.4. The number of carbonyl (C=O) groups excluding carboxylic acids is 1. The van der Waals surface area contributed by atoms with E-state index in [2.05, 4.69) is 10.0 Å². The van der Waals surface area contributed by atoms with E-state index in [0.29, 0.717) is 12.1 Å². The zero-order valence-electron chi connectivity index (χ0n) is 15.0. The van der Waals surface area contributed by atoms with Gasteiger partial charge in [-0.15, -0.1) is 0 Å². The summed E-state index contributed by atoms with van der Waals surface area (Å²) in [6.45, 7) is 1.42. The van der Waals surface area contributed by atoms with Gasteiger partial charge in [0, 0.05) is 24.7 Å². The lowest BCUT2D eigenvalue weighted by Gasteiger charge is -2.24. The molecular formula is C19H22FN3O3S. The number of likely N-dealkylation sites (tertiary alicyclic amines) is 1. The Morgan fingerprint density at radius 3 is 2.56 bits per heavy atom. The van der Waals surface area contributed by atoms with Gasteiger partial charge in [0.1, 0.15) is 5.82 Å². The highest BCUT2D eigenvalue weighted by Gasteiger charge is 2.29. The number of hydrogen-bond acceptors (Lipinski definition) is 4. The fraction of sp³-hybridized carbons (Fsp3) is 0.316. The maximum Gasteiger partial charge on any atom is 0.261 e. The van der Waals surface area contributed by atoms with Gasteiger partial charge in [-0.1, -0.05) is 12.1 Å². The lowest BCUT2D eigenvalue weighted by molar-refractivity contribution is 0.0737. The molecule has 1 heterocycles. The first-order valence-electron chi connectivity index (χ1n) is 8.75. The Balaban J connectivity index is 1.76. The van der Waals surface area contributed by atoms with E-state index in [1.807, 2.05) is 11.9 Å². The third-order valence-electron chi connectivity index (χ3n) is 4.61. The number of benzene rings is 2. The Morgan fingerprint density at radius 2 is 1.89 bits per heavy atom. The molecule has 1 aliphatic rings. The van der Waals surface area contributed by atoms with Crippen LogP contribution in [0.5, 0.6) is 0 Å². The van der Waals surface area contributed by atoms with Crippen LogP contribution in [0, 0.1) is 5.82 Å². The lowest BCUT2D eigenvalue weighted by atomic mass is 10.1. The minimum absolute atomic E-state index is 0.0319. The number of amides is 1. The molecule has 144 valence electrons. The molecule has 0 saturated carbocycles. The van der Waals surface area contributed by atoms with Crippen LogP contribution in [-0.2, 0) is 10.0 Å². The molecule has 1 fully saturated rings. The Bertz CT molecular complexity index is 916. The van der Waals surface area contributed by atoms with E-state index in [4.69, 9.17) is 0 Å². The van der Waals surface area contributed by atoms with Crippen molar-refractivity contribution in [2.45, 2.75) is 23.8 Å². The Kier molecular flexibility index (Phi) is 5.76. The summed E-state index contributed by atoms with van der Waals surface area (Å²) in [7, 11) is -2.09. The zero-order chi connectivity index (χ0) is 19.4. The molecule has 1 amide bonds. The van der Waals surface area contributed by atoms with Gasteiger partial charge >= 0.3 is 0 Å². The first-order chi connectivity index (χ1) is 12.9. The minimum atomic E-state index is -3.94. The summed E-state index contributed by atoms with van der Waals surface area (Å²) >= 11 is 0. The highest BCUT2D eigenvalue weighted by molar-refractivity contribution is 7.92. The maximum atomic E-state index is 13.7. The van der Waals surface area contributed by atoms with Crippen molar-refractivity contribution in [3.05, 3.63) is 59.9 Å². The molecule has 2 N–H and O–H groups in total. The van der Waals surface area contributed by atoms with Crippen LogP contribution in [0.15, 0.2) is 53.4 Å². The SMILES string of the molecule is CNCC1CCCN1C(=O)c1ccc(S(=O)(=O)Nc2ccccc2F)cc1. The fourth-order valence-electron chi connectivity index (χ4n) is 3.24. The monoisotopic (exact) mass is 391 g/mol. The number of nitrogens with zero attached hydrogens (tertiary/aromatic N) is 1. The molecule has 0 aliphatic carbocycles. The Morgan fingerprint density at radius 1 is 1.19 bits per heavy atom. The predicted molar refractivity (Wildman–Crippen MR) is 102 cm³/mol. The zero-order valence-corrected chi connectivity index (χ0v) is 15.8. The van der Waals surface area contributed by atoms with Gasteiger partial charge in [-0.2, -0.15) is 0 Å². The highest BCUT2D eigenvalue weighted by Crippen LogP contribution is 2.22. The van der Waals surface area contributed by atoms with Gasteiger partial charge in [-0.25, -0.2) is 12.8 Å². The van der Waals surface area contributed by atoms with Gasteiger partial charge in [-0.05, 0) is 56.3 Å². The van der Waals surface area contributed by atoms with Crippen molar-refractivity contribution in [3.63, 3.8) is 0 Å². The average molecular weight is 391 g/mol. The first-order valence-corrected chi connectivity index (χ1v) is 10.2. The van der Waals surface area contributed by atoms with Crippen molar-refractivity contribution < 1.29 is 17.6 Å². The second-order valence-electron chi connectivity index (χ2n) is 6.46. The second-order valence-corrected chi connectivity index (χ2v) is 8.14. The minimum Gasteiger partial charge on any atom is -0.334 e. The van der Waals surface area contributed by atoms with Gasteiger partial charge in [0.2, 0.25) is 0 Å². The number of rotatable bonds is 6. The van der Waals surface area contributed by atoms with Crippen molar-refractivity contribution >= 4 is 21.6 Å². The Hall–Kier alpha value is -2.45. The molecular weight excluding hydrogens is 369 g/mol. The highest BCUT2D eigenvalue weighted by atomic mass is 32.2. The van der Waals surface area contributed by atoms with Crippen LogP contribution in [0.4, 0.5) is 10.1 Å².